The van der Waals surface area contributed by atoms with Crippen LogP contribution in [0.3, 0.4) is 0 Å². The molecular weight excluding hydrogens is 248 g/mol. The maximum Gasteiger partial charge on any atom is 0.115 e. The summed E-state index contributed by atoms with van der Waals surface area (Å²) >= 11 is 0. The average Bonchev–Trinajstić information content (AvgIpc) is 2.47. The van der Waals surface area contributed by atoms with E-state index < -0.39 is 0 Å². The van der Waals surface area contributed by atoms with Crippen molar-refractivity contribution in [1.29, 1.82) is 0 Å². The Labute approximate surface area is 117 Å². The van der Waals surface area contributed by atoms with Crippen LogP contribution in [0.25, 0.3) is 10.8 Å². The number of phenolic OH excluding ortho intramolecular Hbond substituents is 1. The number of pyridine rings is 1. The zero-order chi connectivity index (χ0) is 13.9. The van der Waals surface area contributed by atoms with E-state index in [4.69, 9.17) is 0 Å². The first-order valence-corrected chi connectivity index (χ1v) is 6.62. The molecule has 1 heterocycles. The third-order valence-electron chi connectivity index (χ3n) is 3.43. The zero-order valence-corrected chi connectivity index (χ0v) is 11.2. The van der Waals surface area contributed by atoms with Gasteiger partial charge in [-0.2, -0.15) is 0 Å². The Morgan fingerprint density at radius 2 is 1.95 bits per heavy atom. The van der Waals surface area contributed by atoms with Crippen LogP contribution < -0.4 is 5.32 Å². The first-order chi connectivity index (χ1) is 9.74. The Bertz CT molecular complexity index is 734. The molecule has 3 nitrogen and oxygen atoms in total. The van der Waals surface area contributed by atoms with E-state index in [-0.39, 0.29) is 11.8 Å². The molecule has 3 rings (SSSR count). The van der Waals surface area contributed by atoms with Gasteiger partial charge in [0, 0.05) is 29.5 Å². The quantitative estimate of drug-likeness (QED) is 0.748. The molecule has 3 aromatic rings. The predicted molar refractivity (Wildman–Crippen MR) is 81.9 cm³/mol. The van der Waals surface area contributed by atoms with E-state index in [9.17, 15) is 5.11 Å². The summed E-state index contributed by atoms with van der Waals surface area (Å²) in [5, 5.41) is 15.3. The SMILES string of the molecule is CC(Nc1cccc2ccncc12)c1cccc(O)c1. The molecule has 1 atom stereocenters. The van der Waals surface area contributed by atoms with Crippen molar-refractivity contribution in [3.8, 4) is 5.75 Å². The van der Waals surface area contributed by atoms with Gasteiger partial charge >= 0.3 is 0 Å². The normalized spacial score (nSPS) is 12.2. The number of rotatable bonds is 3. The summed E-state index contributed by atoms with van der Waals surface area (Å²) in [6.07, 6.45) is 3.66. The fraction of sp³-hybridized carbons (Fsp3) is 0.118. The molecule has 0 bridgehead atoms. The topological polar surface area (TPSA) is 45.2 Å². The van der Waals surface area contributed by atoms with Crippen LogP contribution in [0.5, 0.6) is 5.75 Å². The van der Waals surface area contributed by atoms with Crippen LogP contribution in [0, 0.1) is 0 Å². The zero-order valence-electron chi connectivity index (χ0n) is 11.2. The standard InChI is InChI=1S/C17H16N2O/c1-12(14-5-2-6-15(20)10-14)19-17-7-3-4-13-8-9-18-11-16(13)17/h2-12,19-20H,1H3. The molecule has 0 saturated carbocycles. The molecule has 3 heteroatoms. The minimum Gasteiger partial charge on any atom is -0.508 e. The van der Waals surface area contributed by atoms with Gasteiger partial charge in [-0.1, -0.05) is 24.3 Å². The largest absolute Gasteiger partial charge is 0.508 e. The van der Waals surface area contributed by atoms with Crippen LogP contribution in [0.15, 0.2) is 60.9 Å². The number of aromatic hydroxyl groups is 1. The van der Waals surface area contributed by atoms with Crippen molar-refractivity contribution < 1.29 is 5.11 Å². The van der Waals surface area contributed by atoms with Crippen LogP contribution in [-0.4, -0.2) is 10.1 Å². The van der Waals surface area contributed by atoms with Crippen molar-refractivity contribution in [1.82, 2.24) is 4.98 Å². The van der Waals surface area contributed by atoms with Crippen LogP contribution >= 0.6 is 0 Å². The molecule has 0 amide bonds. The van der Waals surface area contributed by atoms with Gasteiger partial charge in [0.05, 0.1) is 0 Å². The lowest BCUT2D eigenvalue weighted by molar-refractivity contribution is 0.474. The highest BCUT2D eigenvalue weighted by Gasteiger charge is 2.08. The van der Waals surface area contributed by atoms with Crippen molar-refractivity contribution in [2.45, 2.75) is 13.0 Å². The van der Waals surface area contributed by atoms with Gasteiger partial charge in [0.1, 0.15) is 5.75 Å². The Hall–Kier alpha value is -2.55. The summed E-state index contributed by atoms with van der Waals surface area (Å²) in [6.45, 7) is 2.07. The lowest BCUT2D eigenvalue weighted by atomic mass is 10.1. The second kappa shape index (κ2) is 5.21. The highest BCUT2D eigenvalue weighted by Crippen LogP contribution is 2.27. The van der Waals surface area contributed by atoms with Crippen LogP contribution in [0.1, 0.15) is 18.5 Å². The number of nitrogens with zero attached hydrogens (tertiary/aromatic N) is 1. The van der Waals surface area contributed by atoms with E-state index in [1.165, 1.54) is 0 Å². The third kappa shape index (κ3) is 2.43. The van der Waals surface area contributed by atoms with Crippen molar-refractivity contribution >= 4 is 16.5 Å². The molecule has 100 valence electrons. The molecule has 1 aromatic heterocycles. The van der Waals surface area contributed by atoms with E-state index in [1.807, 2.05) is 36.5 Å². The van der Waals surface area contributed by atoms with Gasteiger partial charge in [-0.3, -0.25) is 4.98 Å². The van der Waals surface area contributed by atoms with E-state index in [0.29, 0.717) is 0 Å². The Morgan fingerprint density at radius 1 is 1.10 bits per heavy atom. The summed E-state index contributed by atoms with van der Waals surface area (Å²) in [5.74, 6) is 0.288. The van der Waals surface area contributed by atoms with E-state index in [2.05, 4.69) is 23.3 Å². The molecular formula is C17H16N2O. The fourth-order valence-electron chi connectivity index (χ4n) is 2.35. The number of hydrogen-bond donors (Lipinski definition) is 2. The molecule has 1 unspecified atom stereocenters. The number of fused-ring (bicyclic) bond motifs is 1. The third-order valence-corrected chi connectivity index (χ3v) is 3.43. The minimum atomic E-state index is 0.105. The summed E-state index contributed by atoms with van der Waals surface area (Å²) in [6, 6.07) is 15.6. The van der Waals surface area contributed by atoms with Gasteiger partial charge in [-0.25, -0.2) is 0 Å². The van der Waals surface area contributed by atoms with E-state index in [0.717, 1.165) is 22.0 Å². The molecule has 0 fully saturated rings. The molecule has 2 aromatic carbocycles. The highest BCUT2D eigenvalue weighted by atomic mass is 16.3. The number of benzene rings is 2. The molecule has 0 spiro atoms. The van der Waals surface area contributed by atoms with Crippen LogP contribution in [0.2, 0.25) is 0 Å². The average molecular weight is 264 g/mol. The van der Waals surface area contributed by atoms with Crippen molar-refractivity contribution in [3.05, 3.63) is 66.5 Å². The van der Waals surface area contributed by atoms with Crippen molar-refractivity contribution in [3.63, 3.8) is 0 Å². The van der Waals surface area contributed by atoms with Gasteiger partial charge < -0.3 is 10.4 Å². The van der Waals surface area contributed by atoms with E-state index >= 15 is 0 Å². The molecule has 0 aliphatic heterocycles. The molecule has 20 heavy (non-hydrogen) atoms. The smallest absolute Gasteiger partial charge is 0.115 e. The summed E-state index contributed by atoms with van der Waals surface area (Å²) in [4.78, 5) is 4.19. The number of hydrogen-bond acceptors (Lipinski definition) is 3. The van der Waals surface area contributed by atoms with Gasteiger partial charge in [-0.05, 0) is 42.1 Å². The summed E-state index contributed by atoms with van der Waals surface area (Å²) in [7, 11) is 0. The minimum absolute atomic E-state index is 0.105. The maximum atomic E-state index is 9.56. The number of phenols is 1. The monoisotopic (exact) mass is 264 g/mol. The summed E-state index contributed by atoms with van der Waals surface area (Å²) in [5.41, 5.74) is 2.09. The fourth-order valence-corrected chi connectivity index (χ4v) is 2.35. The molecule has 0 aliphatic carbocycles. The lowest BCUT2D eigenvalue weighted by Crippen LogP contribution is -2.06. The van der Waals surface area contributed by atoms with Crippen LogP contribution in [0.4, 0.5) is 5.69 Å². The first-order valence-electron chi connectivity index (χ1n) is 6.62. The molecule has 0 saturated heterocycles. The Morgan fingerprint density at radius 3 is 2.80 bits per heavy atom. The number of nitrogens with one attached hydrogen (secondary N) is 1. The van der Waals surface area contributed by atoms with Gasteiger partial charge in [0.15, 0.2) is 0 Å². The second-order valence-corrected chi connectivity index (χ2v) is 4.86. The first kappa shape index (κ1) is 12.5. The lowest BCUT2D eigenvalue weighted by Gasteiger charge is -2.17. The van der Waals surface area contributed by atoms with E-state index in [1.54, 1.807) is 18.3 Å². The molecule has 2 N–H and O–H groups in total. The number of anilines is 1. The van der Waals surface area contributed by atoms with Crippen LogP contribution in [-0.2, 0) is 0 Å². The highest BCUT2D eigenvalue weighted by molar-refractivity contribution is 5.93. The van der Waals surface area contributed by atoms with Gasteiger partial charge in [0.2, 0.25) is 0 Å². The van der Waals surface area contributed by atoms with Crippen molar-refractivity contribution in [2.75, 3.05) is 5.32 Å². The van der Waals surface area contributed by atoms with Crippen molar-refractivity contribution in [2.24, 2.45) is 0 Å². The molecule has 0 radical (unpaired) electrons. The molecule has 0 aliphatic rings. The maximum absolute atomic E-state index is 9.56. The number of aromatic nitrogens is 1. The Kier molecular flexibility index (Phi) is 3.25. The Balaban J connectivity index is 1.93. The summed E-state index contributed by atoms with van der Waals surface area (Å²) < 4.78 is 0. The van der Waals surface area contributed by atoms with Gasteiger partial charge in [-0.15, -0.1) is 0 Å². The predicted octanol–water partition coefficient (Wildman–Crippen LogP) is 4.11. The second-order valence-electron chi connectivity index (χ2n) is 4.86. The van der Waals surface area contributed by atoms with Gasteiger partial charge in [0.25, 0.3) is 0 Å².